The van der Waals surface area contributed by atoms with Crippen LogP contribution in [0.2, 0.25) is 25.1 Å². The Morgan fingerprint density at radius 2 is 1.73 bits per heavy atom. The summed E-state index contributed by atoms with van der Waals surface area (Å²) < 4.78 is 1.63. The average molecular weight is 471 g/mol. The highest BCUT2D eigenvalue weighted by Gasteiger charge is 2.20. The third-order valence-corrected chi connectivity index (χ3v) is 5.89. The smallest absolute Gasteiger partial charge is 0.237 e. The van der Waals surface area contributed by atoms with E-state index in [-0.39, 0.29) is 10.9 Å². The Morgan fingerprint density at radius 3 is 2.46 bits per heavy atom. The van der Waals surface area contributed by atoms with Gasteiger partial charge in [0.2, 0.25) is 5.91 Å². The minimum atomic E-state index is -0.509. The fraction of sp³-hybridized carbons (Fsp3) is 0.133. The van der Waals surface area contributed by atoms with Gasteiger partial charge in [-0.05, 0) is 25.1 Å². The first kappa shape index (κ1) is 19.9. The maximum absolute atomic E-state index is 12.5. The number of hydrogen-bond donors (Lipinski definition) is 1. The van der Waals surface area contributed by atoms with Crippen molar-refractivity contribution in [3.63, 3.8) is 0 Å². The van der Waals surface area contributed by atoms with Crippen molar-refractivity contribution in [2.45, 2.75) is 17.3 Å². The molecule has 136 valence electrons. The summed E-state index contributed by atoms with van der Waals surface area (Å²) in [5, 5.41) is 12.4. The first-order valence-electron chi connectivity index (χ1n) is 7.08. The van der Waals surface area contributed by atoms with E-state index in [1.807, 2.05) is 0 Å². The Bertz CT molecular complexity index is 1010. The standard InChI is InChI=1S/C15H9Cl5N4OS/c1-6(14(25)21-12-4-9(18)8(17)3-10(12)19)26-15-23-22-13-11(20)2-7(16)5-24(13)15/h2-6H,1H3,(H,21,25). The average Bonchev–Trinajstić information content (AvgIpc) is 2.95. The number of nitrogens with one attached hydrogen (secondary N) is 1. The first-order chi connectivity index (χ1) is 12.3. The second-order valence-electron chi connectivity index (χ2n) is 5.18. The lowest BCUT2D eigenvalue weighted by molar-refractivity contribution is -0.115. The fourth-order valence-corrected chi connectivity index (χ4v) is 3.97. The number of thioether (sulfide) groups is 1. The topological polar surface area (TPSA) is 59.3 Å². The molecule has 3 rings (SSSR count). The number of aromatic nitrogens is 3. The van der Waals surface area contributed by atoms with Crippen LogP contribution in [0.4, 0.5) is 5.69 Å². The molecule has 1 unspecified atom stereocenters. The molecule has 0 aliphatic heterocycles. The third kappa shape index (κ3) is 4.16. The molecule has 0 aliphatic carbocycles. The first-order valence-corrected chi connectivity index (χ1v) is 9.85. The highest BCUT2D eigenvalue weighted by Crippen LogP contribution is 2.33. The van der Waals surface area contributed by atoms with Crippen molar-refractivity contribution in [2.24, 2.45) is 0 Å². The van der Waals surface area contributed by atoms with Gasteiger partial charge in [0.1, 0.15) is 0 Å². The SMILES string of the molecule is CC(Sc1nnc2c(Cl)cc(Cl)cn12)C(=O)Nc1cc(Cl)c(Cl)cc1Cl. The molecule has 5 nitrogen and oxygen atoms in total. The predicted octanol–water partition coefficient (Wildman–Crippen LogP) is 6.12. The largest absolute Gasteiger partial charge is 0.324 e. The fourth-order valence-electron chi connectivity index (χ4n) is 2.05. The number of benzene rings is 1. The zero-order valence-electron chi connectivity index (χ0n) is 12.9. The Hall–Kier alpha value is -0.890. The van der Waals surface area contributed by atoms with Crippen LogP contribution in [0.15, 0.2) is 29.6 Å². The van der Waals surface area contributed by atoms with Gasteiger partial charge in [-0.15, -0.1) is 10.2 Å². The van der Waals surface area contributed by atoms with Crippen molar-refractivity contribution in [3.8, 4) is 0 Å². The monoisotopic (exact) mass is 468 g/mol. The molecule has 26 heavy (non-hydrogen) atoms. The molecule has 1 amide bonds. The van der Waals surface area contributed by atoms with Gasteiger partial charge in [-0.3, -0.25) is 9.20 Å². The Labute approximate surface area is 177 Å². The number of rotatable bonds is 4. The molecular weight excluding hydrogens is 462 g/mol. The Balaban J connectivity index is 1.79. The van der Waals surface area contributed by atoms with Crippen molar-refractivity contribution >= 4 is 87.0 Å². The second-order valence-corrected chi connectivity index (χ2v) is 8.55. The van der Waals surface area contributed by atoms with Crippen LogP contribution < -0.4 is 5.32 Å². The maximum Gasteiger partial charge on any atom is 0.237 e. The highest BCUT2D eigenvalue weighted by atomic mass is 35.5. The second kappa shape index (κ2) is 8.00. The lowest BCUT2D eigenvalue weighted by Crippen LogP contribution is -2.22. The molecule has 0 radical (unpaired) electrons. The molecule has 1 aromatic carbocycles. The van der Waals surface area contributed by atoms with Crippen molar-refractivity contribution in [1.29, 1.82) is 0 Å². The summed E-state index contributed by atoms with van der Waals surface area (Å²) in [5.41, 5.74) is 0.828. The number of carbonyl (C=O) groups is 1. The summed E-state index contributed by atoms with van der Waals surface area (Å²) in [7, 11) is 0. The molecule has 0 bridgehead atoms. The predicted molar refractivity (Wildman–Crippen MR) is 108 cm³/mol. The van der Waals surface area contributed by atoms with Crippen LogP contribution in [0, 0.1) is 0 Å². The van der Waals surface area contributed by atoms with Crippen LogP contribution in [-0.4, -0.2) is 25.8 Å². The molecule has 0 spiro atoms. The van der Waals surface area contributed by atoms with Gasteiger partial charge < -0.3 is 5.32 Å². The van der Waals surface area contributed by atoms with Crippen molar-refractivity contribution in [3.05, 3.63) is 49.5 Å². The summed E-state index contributed by atoms with van der Waals surface area (Å²) in [5.74, 6) is -0.292. The number of pyridine rings is 1. The molecule has 0 aliphatic rings. The number of nitrogens with zero attached hydrogens (tertiary/aromatic N) is 3. The van der Waals surface area contributed by atoms with Gasteiger partial charge in [0.25, 0.3) is 0 Å². The Kier molecular flexibility index (Phi) is 6.11. The van der Waals surface area contributed by atoms with Gasteiger partial charge >= 0.3 is 0 Å². The van der Waals surface area contributed by atoms with E-state index in [2.05, 4.69) is 15.5 Å². The van der Waals surface area contributed by atoms with Crippen LogP contribution in [-0.2, 0) is 4.79 Å². The molecule has 1 N–H and O–H groups in total. The van der Waals surface area contributed by atoms with Gasteiger partial charge in [-0.1, -0.05) is 69.8 Å². The zero-order valence-corrected chi connectivity index (χ0v) is 17.5. The van der Waals surface area contributed by atoms with Crippen LogP contribution in [0.1, 0.15) is 6.92 Å². The lowest BCUT2D eigenvalue weighted by atomic mass is 10.3. The number of amides is 1. The van der Waals surface area contributed by atoms with E-state index in [0.29, 0.717) is 36.6 Å². The lowest BCUT2D eigenvalue weighted by Gasteiger charge is -2.13. The maximum atomic E-state index is 12.5. The van der Waals surface area contributed by atoms with Crippen molar-refractivity contribution < 1.29 is 4.79 Å². The molecule has 0 fully saturated rings. The van der Waals surface area contributed by atoms with Gasteiger partial charge in [-0.2, -0.15) is 0 Å². The highest BCUT2D eigenvalue weighted by molar-refractivity contribution is 8.00. The van der Waals surface area contributed by atoms with E-state index in [1.165, 1.54) is 23.9 Å². The number of anilines is 1. The number of hydrogen-bond acceptors (Lipinski definition) is 4. The van der Waals surface area contributed by atoms with Crippen molar-refractivity contribution in [2.75, 3.05) is 5.32 Å². The molecule has 11 heteroatoms. The zero-order chi connectivity index (χ0) is 19.0. The summed E-state index contributed by atoms with van der Waals surface area (Å²) in [6.07, 6.45) is 1.63. The molecule has 3 aromatic rings. The summed E-state index contributed by atoms with van der Waals surface area (Å²) in [6, 6.07) is 4.53. The number of carbonyl (C=O) groups excluding carboxylic acids is 1. The molecule has 0 saturated carbocycles. The summed E-state index contributed by atoms with van der Waals surface area (Å²) in [4.78, 5) is 12.5. The van der Waals surface area contributed by atoms with Crippen molar-refractivity contribution in [1.82, 2.24) is 14.6 Å². The van der Waals surface area contributed by atoms with E-state index in [9.17, 15) is 4.79 Å². The summed E-state index contributed by atoms with van der Waals surface area (Å²) in [6.45, 7) is 1.72. The molecular formula is C15H9Cl5N4OS. The minimum Gasteiger partial charge on any atom is -0.324 e. The van der Waals surface area contributed by atoms with Crippen LogP contribution in [0.3, 0.4) is 0 Å². The van der Waals surface area contributed by atoms with Crippen LogP contribution in [0.5, 0.6) is 0 Å². The van der Waals surface area contributed by atoms with Crippen LogP contribution in [0.25, 0.3) is 5.65 Å². The van der Waals surface area contributed by atoms with E-state index in [0.717, 1.165) is 0 Å². The normalized spacial score (nSPS) is 12.4. The quantitative estimate of drug-likeness (QED) is 0.369. The third-order valence-electron chi connectivity index (χ3n) is 3.31. The van der Waals surface area contributed by atoms with E-state index in [4.69, 9.17) is 58.0 Å². The van der Waals surface area contributed by atoms with E-state index in [1.54, 1.807) is 23.6 Å². The van der Waals surface area contributed by atoms with Gasteiger partial charge in [0, 0.05) is 6.20 Å². The Morgan fingerprint density at radius 1 is 1.04 bits per heavy atom. The van der Waals surface area contributed by atoms with Gasteiger partial charge in [0.15, 0.2) is 10.8 Å². The minimum absolute atomic E-state index is 0.288. The van der Waals surface area contributed by atoms with Gasteiger partial charge in [-0.25, -0.2) is 0 Å². The van der Waals surface area contributed by atoms with E-state index < -0.39 is 5.25 Å². The number of fused-ring (bicyclic) bond motifs is 1. The molecule has 1 atom stereocenters. The van der Waals surface area contributed by atoms with Gasteiger partial charge in [0.05, 0.1) is 36.1 Å². The molecule has 0 saturated heterocycles. The summed E-state index contributed by atoms with van der Waals surface area (Å²) >= 11 is 31.2. The number of halogens is 5. The van der Waals surface area contributed by atoms with Crippen LogP contribution >= 0.6 is 69.8 Å². The molecule has 2 heterocycles. The van der Waals surface area contributed by atoms with E-state index >= 15 is 0 Å². The molecule has 2 aromatic heterocycles.